The van der Waals surface area contributed by atoms with E-state index < -0.39 is 10.0 Å². The highest BCUT2D eigenvalue weighted by atomic mass is 32.2. The van der Waals surface area contributed by atoms with Gasteiger partial charge in [0.2, 0.25) is 0 Å². The summed E-state index contributed by atoms with van der Waals surface area (Å²) in [4.78, 5) is 12.8. The molecule has 5 nitrogen and oxygen atoms in total. The molecule has 3 aromatic rings. The van der Waals surface area contributed by atoms with E-state index in [4.69, 9.17) is 0 Å². The lowest BCUT2D eigenvalue weighted by atomic mass is 10.1. The minimum Gasteiger partial charge on any atom is -0.322 e. The third kappa shape index (κ3) is 3.76. The molecule has 3 aromatic carbocycles. The number of nitrogens with zero attached hydrogens (tertiary/aromatic N) is 1. The van der Waals surface area contributed by atoms with Crippen LogP contribution in [-0.2, 0) is 22.9 Å². The largest absolute Gasteiger partial charge is 0.322 e. The summed E-state index contributed by atoms with van der Waals surface area (Å²) in [5.41, 5.74) is 3.88. The summed E-state index contributed by atoms with van der Waals surface area (Å²) >= 11 is 0. The third-order valence-corrected chi connectivity index (χ3v) is 6.96. The molecule has 1 aliphatic rings. The van der Waals surface area contributed by atoms with E-state index in [9.17, 15) is 13.2 Å². The third-order valence-electron chi connectivity index (χ3n) is 5.15. The maximum absolute atomic E-state index is 13.2. The number of amides is 1. The molecule has 6 heteroatoms. The van der Waals surface area contributed by atoms with Crippen LogP contribution < -0.4 is 9.62 Å². The second-order valence-corrected chi connectivity index (χ2v) is 8.85. The number of anilines is 2. The molecular formula is C23H22N2O3S. The van der Waals surface area contributed by atoms with Crippen LogP contribution in [0.25, 0.3) is 0 Å². The van der Waals surface area contributed by atoms with Crippen molar-refractivity contribution < 1.29 is 13.2 Å². The molecule has 0 fully saturated rings. The Labute approximate surface area is 171 Å². The molecule has 0 spiro atoms. The predicted molar refractivity (Wildman–Crippen MR) is 115 cm³/mol. The van der Waals surface area contributed by atoms with Crippen molar-refractivity contribution in [1.29, 1.82) is 0 Å². The predicted octanol–water partition coefficient (Wildman–Crippen LogP) is 4.25. The smallest absolute Gasteiger partial charge is 0.264 e. The summed E-state index contributed by atoms with van der Waals surface area (Å²) in [6.45, 7) is 2.47. The quantitative estimate of drug-likeness (QED) is 0.689. The molecular weight excluding hydrogens is 384 g/mol. The Bertz CT molecular complexity index is 1150. The molecule has 0 saturated heterocycles. The normalized spacial score (nSPS) is 13.2. The minimum atomic E-state index is -3.74. The SMILES string of the molecule is CCc1ccc(NC(=O)c2cccc(S(=O)(=O)N3CCc4ccccc43)c2)cc1. The topological polar surface area (TPSA) is 66.5 Å². The van der Waals surface area contributed by atoms with Crippen molar-refractivity contribution in [2.45, 2.75) is 24.7 Å². The molecule has 0 bridgehead atoms. The monoisotopic (exact) mass is 406 g/mol. The minimum absolute atomic E-state index is 0.114. The van der Waals surface area contributed by atoms with Gasteiger partial charge in [-0.3, -0.25) is 9.10 Å². The van der Waals surface area contributed by atoms with Gasteiger partial charge in [-0.05, 0) is 60.4 Å². The Morgan fingerprint density at radius 1 is 1.00 bits per heavy atom. The summed E-state index contributed by atoms with van der Waals surface area (Å²) < 4.78 is 27.8. The summed E-state index contributed by atoms with van der Waals surface area (Å²) in [6.07, 6.45) is 1.61. The van der Waals surface area contributed by atoms with Crippen molar-refractivity contribution in [3.05, 3.63) is 89.5 Å². The highest BCUT2D eigenvalue weighted by Gasteiger charge is 2.30. The van der Waals surface area contributed by atoms with Crippen LogP contribution in [0.5, 0.6) is 0 Å². The van der Waals surface area contributed by atoms with E-state index in [1.165, 1.54) is 22.0 Å². The molecule has 1 amide bonds. The van der Waals surface area contributed by atoms with Gasteiger partial charge in [0.1, 0.15) is 0 Å². The van der Waals surface area contributed by atoms with Gasteiger partial charge in [0.15, 0.2) is 0 Å². The number of aryl methyl sites for hydroxylation is 1. The molecule has 148 valence electrons. The first-order valence-electron chi connectivity index (χ1n) is 9.60. The number of sulfonamides is 1. The van der Waals surface area contributed by atoms with Crippen LogP contribution in [0.3, 0.4) is 0 Å². The highest BCUT2D eigenvalue weighted by Crippen LogP contribution is 2.32. The molecule has 0 unspecified atom stereocenters. The van der Waals surface area contributed by atoms with E-state index in [0.717, 1.165) is 12.0 Å². The summed E-state index contributed by atoms with van der Waals surface area (Å²) in [7, 11) is -3.74. The van der Waals surface area contributed by atoms with E-state index >= 15 is 0 Å². The Morgan fingerprint density at radius 3 is 2.52 bits per heavy atom. The average molecular weight is 407 g/mol. The fourth-order valence-corrected chi connectivity index (χ4v) is 5.06. The van der Waals surface area contributed by atoms with Crippen molar-refractivity contribution in [2.75, 3.05) is 16.2 Å². The van der Waals surface area contributed by atoms with Gasteiger partial charge >= 0.3 is 0 Å². The zero-order valence-electron chi connectivity index (χ0n) is 16.1. The molecule has 0 aliphatic carbocycles. The first-order chi connectivity index (χ1) is 14.0. The van der Waals surface area contributed by atoms with Crippen molar-refractivity contribution in [1.82, 2.24) is 0 Å². The zero-order valence-corrected chi connectivity index (χ0v) is 16.9. The number of carbonyl (C=O) groups is 1. The molecule has 1 aliphatic heterocycles. The number of benzene rings is 3. The molecule has 1 N–H and O–H groups in total. The van der Waals surface area contributed by atoms with Gasteiger partial charge < -0.3 is 5.32 Å². The van der Waals surface area contributed by atoms with E-state index in [0.29, 0.717) is 29.9 Å². The Hall–Kier alpha value is -3.12. The maximum Gasteiger partial charge on any atom is 0.264 e. The van der Waals surface area contributed by atoms with E-state index in [1.807, 2.05) is 48.5 Å². The Balaban J connectivity index is 1.59. The van der Waals surface area contributed by atoms with Gasteiger partial charge in [-0.25, -0.2) is 8.42 Å². The van der Waals surface area contributed by atoms with Gasteiger partial charge in [-0.15, -0.1) is 0 Å². The lowest BCUT2D eigenvalue weighted by molar-refractivity contribution is 0.102. The van der Waals surface area contributed by atoms with Crippen LogP contribution in [0.1, 0.15) is 28.4 Å². The standard InChI is InChI=1S/C23H22N2O3S/c1-2-17-10-12-20(13-11-17)24-23(26)19-7-5-8-21(16-19)29(27,28)25-15-14-18-6-3-4-9-22(18)25/h3-13,16H,2,14-15H2,1H3,(H,24,26). The van der Waals surface area contributed by atoms with Gasteiger partial charge in [-0.2, -0.15) is 0 Å². The highest BCUT2D eigenvalue weighted by molar-refractivity contribution is 7.92. The number of rotatable bonds is 5. The fourth-order valence-electron chi connectivity index (χ4n) is 3.51. The Morgan fingerprint density at radius 2 is 1.76 bits per heavy atom. The number of hydrogen-bond donors (Lipinski definition) is 1. The number of carbonyl (C=O) groups excluding carboxylic acids is 1. The van der Waals surface area contributed by atoms with Crippen molar-refractivity contribution in [2.24, 2.45) is 0 Å². The number of hydrogen-bond acceptors (Lipinski definition) is 3. The van der Waals surface area contributed by atoms with Crippen molar-refractivity contribution in [3.63, 3.8) is 0 Å². The molecule has 0 saturated carbocycles. The molecule has 1 heterocycles. The summed E-state index contributed by atoms with van der Waals surface area (Å²) in [5, 5.41) is 2.83. The first-order valence-corrected chi connectivity index (χ1v) is 11.0. The fraction of sp³-hybridized carbons (Fsp3) is 0.174. The lowest BCUT2D eigenvalue weighted by Gasteiger charge is -2.20. The van der Waals surface area contributed by atoms with Gasteiger partial charge in [-0.1, -0.05) is 43.3 Å². The van der Waals surface area contributed by atoms with E-state index in [2.05, 4.69) is 12.2 Å². The van der Waals surface area contributed by atoms with Crippen molar-refractivity contribution >= 4 is 27.3 Å². The molecule has 0 radical (unpaired) electrons. The number of para-hydroxylation sites is 1. The zero-order chi connectivity index (χ0) is 20.4. The van der Waals surface area contributed by atoms with Crippen LogP contribution in [0.15, 0.2) is 77.7 Å². The van der Waals surface area contributed by atoms with Gasteiger partial charge in [0.25, 0.3) is 15.9 Å². The number of nitrogens with one attached hydrogen (secondary N) is 1. The Kier molecular flexibility index (Phi) is 5.11. The van der Waals surface area contributed by atoms with Crippen LogP contribution in [0.4, 0.5) is 11.4 Å². The second kappa shape index (κ2) is 7.72. The van der Waals surface area contributed by atoms with E-state index in [1.54, 1.807) is 12.1 Å². The lowest BCUT2D eigenvalue weighted by Crippen LogP contribution is -2.29. The van der Waals surface area contributed by atoms with Gasteiger partial charge in [0.05, 0.1) is 10.6 Å². The average Bonchev–Trinajstić information content (AvgIpc) is 3.19. The number of fused-ring (bicyclic) bond motifs is 1. The molecule has 0 atom stereocenters. The second-order valence-electron chi connectivity index (χ2n) is 6.99. The van der Waals surface area contributed by atoms with Crippen LogP contribution in [0.2, 0.25) is 0 Å². The maximum atomic E-state index is 13.2. The molecule has 4 rings (SSSR count). The van der Waals surface area contributed by atoms with Gasteiger partial charge in [0, 0.05) is 17.8 Å². The van der Waals surface area contributed by atoms with Crippen LogP contribution in [0, 0.1) is 0 Å². The first kappa shape index (κ1) is 19.2. The van der Waals surface area contributed by atoms with Crippen LogP contribution in [-0.4, -0.2) is 20.9 Å². The summed E-state index contributed by atoms with van der Waals surface area (Å²) in [6, 6.07) is 21.3. The summed E-state index contributed by atoms with van der Waals surface area (Å²) in [5.74, 6) is -0.340. The molecule has 29 heavy (non-hydrogen) atoms. The van der Waals surface area contributed by atoms with Crippen LogP contribution >= 0.6 is 0 Å². The van der Waals surface area contributed by atoms with Crippen molar-refractivity contribution in [3.8, 4) is 0 Å². The van der Waals surface area contributed by atoms with E-state index in [-0.39, 0.29) is 10.8 Å². The molecule has 0 aromatic heterocycles.